The average molecular weight is 379 g/mol. The van der Waals surface area contributed by atoms with E-state index in [1.54, 1.807) is 19.2 Å². The van der Waals surface area contributed by atoms with Crippen LogP contribution in [0.3, 0.4) is 0 Å². The van der Waals surface area contributed by atoms with Crippen LogP contribution in [0.25, 0.3) is 11.0 Å². The first-order chi connectivity index (χ1) is 13.6. The van der Waals surface area contributed by atoms with Crippen molar-refractivity contribution >= 4 is 11.0 Å². The van der Waals surface area contributed by atoms with Crippen LogP contribution in [-0.2, 0) is 19.5 Å². The lowest BCUT2D eigenvalue weighted by atomic mass is 10.0. The van der Waals surface area contributed by atoms with E-state index in [0.717, 1.165) is 35.2 Å². The number of hydrogen-bond acceptors (Lipinski definition) is 5. The minimum absolute atomic E-state index is 0.174. The number of nitrogens with zero attached hydrogens (tertiary/aromatic N) is 1. The second-order valence-corrected chi connectivity index (χ2v) is 7.41. The van der Waals surface area contributed by atoms with Crippen LogP contribution in [0.15, 0.2) is 51.7 Å². The maximum atomic E-state index is 12.1. The van der Waals surface area contributed by atoms with E-state index in [4.69, 9.17) is 9.15 Å². The SMILES string of the molecule is CCc1cc2c(CN(Cc3ccc(OC)cc3)C3CC3)cc(=O)oc2cc1O. The average Bonchev–Trinajstić information content (AvgIpc) is 3.52. The Hall–Kier alpha value is -2.79. The second-order valence-electron chi connectivity index (χ2n) is 7.41. The zero-order valence-corrected chi connectivity index (χ0v) is 16.3. The zero-order valence-electron chi connectivity index (χ0n) is 16.3. The Kier molecular flexibility index (Phi) is 5.09. The summed E-state index contributed by atoms with van der Waals surface area (Å²) in [7, 11) is 1.67. The molecule has 0 saturated heterocycles. The van der Waals surface area contributed by atoms with Gasteiger partial charge in [-0.3, -0.25) is 4.90 Å². The van der Waals surface area contributed by atoms with Gasteiger partial charge in [-0.05, 0) is 54.2 Å². The predicted molar refractivity (Wildman–Crippen MR) is 109 cm³/mol. The second kappa shape index (κ2) is 7.68. The molecule has 0 unspecified atom stereocenters. The number of rotatable bonds is 7. The van der Waals surface area contributed by atoms with Gasteiger partial charge < -0.3 is 14.3 Å². The Morgan fingerprint density at radius 3 is 2.50 bits per heavy atom. The van der Waals surface area contributed by atoms with E-state index < -0.39 is 0 Å². The van der Waals surface area contributed by atoms with Gasteiger partial charge in [0.1, 0.15) is 17.1 Å². The van der Waals surface area contributed by atoms with Gasteiger partial charge in [-0.2, -0.15) is 0 Å². The van der Waals surface area contributed by atoms with Crippen molar-refractivity contribution in [2.75, 3.05) is 7.11 Å². The van der Waals surface area contributed by atoms with Gasteiger partial charge in [0.25, 0.3) is 0 Å². The number of aromatic hydroxyl groups is 1. The molecule has 0 bridgehead atoms. The highest BCUT2D eigenvalue weighted by atomic mass is 16.5. The first kappa shape index (κ1) is 18.6. The molecule has 0 aliphatic heterocycles. The molecule has 0 amide bonds. The van der Waals surface area contributed by atoms with E-state index in [1.807, 2.05) is 25.1 Å². The highest BCUT2D eigenvalue weighted by Gasteiger charge is 2.29. The fraction of sp³-hybridized carbons (Fsp3) is 0.348. The van der Waals surface area contributed by atoms with E-state index in [0.29, 0.717) is 18.2 Å². The molecule has 0 radical (unpaired) electrons. The first-order valence-electron chi connectivity index (χ1n) is 9.73. The Balaban J connectivity index is 1.66. The Bertz CT molecular complexity index is 1030. The van der Waals surface area contributed by atoms with Crippen LogP contribution in [0.1, 0.15) is 36.5 Å². The van der Waals surface area contributed by atoms with Crippen molar-refractivity contribution in [3.63, 3.8) is 0 Å². The van der Waals surface area contributed by atoms with Gasteiger partial charge >= 0.3 is 5.63 Å². The third kappa shape index (κ3) is 3.90. The molecule has 5 heteroatoms. The molecule has 0 spiro atoms. The monoisotopic (exact) mass is 379 g/mol. The van der Waals surface area contributed by atoms with Crippen molar-refractivity contribution < 1.29 is 14.3 Å². The molecule has 1 saturated carbocycles. The van der Waals surface area contributed by atoms with Crippen molar-refractivity contribution in [3.05, 3.63) is 69.6 Å². The van der Waals surface area contributed by atoms with E-state index >= 15 is 0 Å². The summed E-state index contributed by atoms with van der Waals surface area (Å²) in [6.07, 6.45) is 3.07. The number of ether oxygens (including phenoxy) is 1. The summed E-state index contributed by atoms with van der Waals surface area (Å²) in [4.78, 5) is 14.5. The Labute approximate surface area is 164 Å². The standard InChI is InChI=1S/C23H25NO4/c1-3-16-10-20-17(11-23(26)28-22(20)12-21(16)25)14-24(18-6-7-18)13-15-4-8-19(27-2)9-5-15/h4-5,8-12,18,25H,3,6-7,13-14H2,1-2H3. The Morgan fingerprint density at radius 1 is 1.11 bits per heavy atom. The summed E-state index contributed by atoms with van der Waals surface area (Å²) < 4.78 is 10.6. The summed E-state index contributed by atoms with van der Waals surface area (Å²) in [5.74, 6) is 1.02. The van der Waals surface area contributed by atoms with Crippen LogP contribution in [0.5, 0.6) is 11.5 Å². The van der Waals surface area contributed by atoms with Crippen molar-refractivity contribution in [3.8, 4) is 11.5 Å². The number of benzene rings is 2. The topological polar surface area (TPSA) is 62.9 Å². The fourth-order valence-corrected chi connectivity index (χ4v) is 3.66. The smallest absolute Gasteiger partial charge is 0.336 e. The number of methoxy groups -OCH3 is 1. The molecule has 1 aromatic heterocycles. The first-order valence-corrected chi connectivity index (χ1v) is 9.73. The van der Waals surface area contributed by atoms with Crippen molar-refractivity contribution in [2.45, 2.75) is 45.3 Å². The van der Waals surface area contributed by atoms with Crippen LogP contribution < -0.4 is 10.4 Å². The molecule has 28 heavy (non-hydrogen) atoms. The lowest BCUT2D eigenvalue weighted by molar-refractivity contribution is 0.246. The van der Waals surface area contributed by atoms with Crippen molar-refractivity contribution in [1.29, 1.82) is 0 Å². The molecular weight excluding hydrogens is 354 g/mol. The molecule has 1 N–H and O–H groups in total. The van der Waals surface area contributed by atoms with Gasteiger partial charge in [-0.25, -0.2) is 4.79 Å². The molecule has 1 fully saturated rings. The maximum absolute atomic E-state index is 12.1. The summed E-state index contributed by atoms with van der Waals surface area (Å²) >= 11 is 0. The molecular formula is C23H25NO4. The zero-order chi connectivity index (χ0) is 19.7. The molecule has 1 aliphatic carbocycles. The predicted octanol–water partition coefficient (Wildman–Crippen LogP) is 4.23. The Morgan fingerprint density at radius 2 is 1.86 bits per heavy atom. The van der Waals surface area contributed by atoms with E-state index in [1.165, 1.54) is 18.4 Å². The van der Waals surface area contributed by atoms with E-state index in [9.17, 15) is 9.90 Å². The molecule has 4 rings (SSSR count). The lowest BCUT2D eigenvalue weighted by Gasteiger charge is -2.23. The number of fused-ring (bicyclic) bond motifs is 1. The van der Waals surface area contributed by atoms with Gasteiger partial charge in [0, 0.05) is 36.7 Å². The molecule has 0 atom stereocenters. The van der Waals surface area contributed by atoms with Crippen LogP contribution in [0, 0.1) is 0 Å². The summed E-state index contributed by atoms with van der Waals surface area (Å²) in [6.45, 7) is 3.49. The third-order valence-corrected chi connectivity index (χ3v) is 5.39. The van der Waals surface area contributed by atoms with Gasteiger partial charge in [0.05, 0.1) is 7.11 Å². The highest BCUT2D eigenvalue weighted by Crippen LogP contribution is 2.32. The number of hydrogen-bond donors (Lipinski definition) is 1. The molecule has 2 aromatic carbocycles. The minimum atomic E-state index is -0.383. The number of phenols is 1. The maximum Gasteiger partial charge on any atom is 0.336 e. The molecule has 1 aliphatic rings. The molecule has 1 heterocycles. The normalized spacial score (nSPS) is 14.0. The summed E-state index contributed by atoms with van der Waals surface area (Å²) in [5, 5.41) is 11.0. The third-order valence-electron chi connectivity index (χ3n) is 5.39. The fourth-order valence-electron chi connectivity index (χ4n) is 3.66. The summed E-state index contributed by atoms with van der Waals surface area (Å²) in [6, 6.07) is 13.7. The van der Waals surface area contributed by atoms with Crippen molar-refractivity contribution in [2.24, 2.45) is 0 Å². The highest BCUT2D eigenvalue weighted by molar-refractivity contribution is 5.82. The quantitative estimate of drug-likeness (QED) is 0.622. The molecule has 146 valence electrons. The van der Waals surface area contributed by atoms with Gasteiger partial charge in [-0.15, -0.1) is 0 Å². The van der Waals surface area contributed by atoms with Crippen LogP contribution in [0.2, 0.25) is 0 Å². The van der Waals surface area contributed by atoms with Crippen molar-refractivity contribution in [1.82, 2.24) is 4.90 Å². The van der Waals surface area contributed by atoms with E-state index in [-0.39, 0.29) is 11.4 Å². The summed E-state index contributed by atoms with van der Waals surface area (Å²) in [5.41, 5.74) is 3.08. The van der Waals surface area contributed by atoms with Gasteiger partial charge in [0.2, 0.25) is 0 Å². The van der Waals surface area contributed by atoms with Crippen LogP contribution in [0.4, 0.5) is 0 Å². The lowest BCUT2D eigenvalue weighted by Crippen LogP contribution is -2.25. The largest absolute Gasteiger partial charge is 0.508 e. The molecule has 5 nitrogen and oxygen atoms in total. The van der Waals surface area contributed by atoms with Gasteiger partial charge in [-0.1, -0.05) is 19.1 Å². The van der Waals surface area contributed by atoms with Gasteiger partial charge in [0.15, 0.2) is 0 Å². The van der Waals surface area contributed by atoms with Crippen LogP contribution in [-0.4, -0.2) is 23.2 Å². The van der Waals surface area contributed by atoms with Crippen LogP contribution >= 0.6 is 0 Å². The number of phenolic OH excluding ortho intramolecular Hbond substituents is 1. The number of aryl methyl sites for hydroxylation is 1. The van der Waals surface area contributed by atoms with E-state index in [2.05, 4.69) is 17.0 Å². The molecule has 3 aromatic rings. The minimum Gasteiger partial charge on any atom is -0.508 e.